The highest BCUT2D eigenvalue weighted by Gasteiger charge is 2.36. The van der Waals surface area contributed by atoms with Crippen molar-refractivity contribution >= 4 is 0 Å². The van der Waals surface area contributed by atoms with Gasteiger partial charge in [-0.15, -0.1) is 0 Å². The first-order valence-electron chi connectivity index (χ1n) is 5.36. The maximum absolute atomic E-state index is 10.2. The van der Waals surface area contributed by atoms with Gasteiger partial charge in [-0.25, -0.2) is 0 Å². The Hall–Kier alpha value is -0.860. The molecule has 0 amide bonds. The summed E-state index contributed by atoms with van der Waals surface area (Å²) < 4.78 is 0. The molecule has 1 saturated heterocycles. The lowest BCUT2D eigenvalue weighted by Gasteiger charge is -2.35. The first kappa shape index (κ1) is 8.45. The zero-order valence-electron chi connectivity index (χ0n) is 8.19. The summed E-state index contributed by atoms with van der Waals surface area (Å²) in [7, 11) is 0. The average Bonchev–Trinajstić information content (AvgIpc) is 2.66. The number of nitrogens with zero attached hydrogens (tertiary/aromatic N) is 1. The maximum atomic E-state index is 10.2. The molecule has 0 bridgehead atoms. The highest BCUT2D eigenvalue weighted by atomic mass is 16.3. The molecule has 2 heteroatoms. The molecule has 2 aliphatic heterocycles. The monoisotopic (exact) mass is 189 g/mol. The van der Waals surface area contributed by atoms with Crippen molar-refractivity contribution in [3.8, 4) is 0 Å². The van der Waals surface area contributed by atoms with Crippen molar-refractivity contribution in [3.63, 3.8) is 0 Å². The van der Waals surface area contributed by atoms with E-state index in [0.29, 0.717) is 6.04 Å². The Morgan fingerprint density at radius 1 is 1.29 bits per heavy atom. The van der Waals surface area contributed by atoms with Crippen LogP contribution in [0.5, 0.6) is 0 Å². The third kappa shape index (κ3) is 1.11. The van der Waals surface area contributed by atoms with E-state index in [2.05, 4.69) is 23.1 Å². The van der Waals surface area contributed by atoms with Crippen LogP contribution in [0.25, 0.3) is 0 Å². The summed E-state index contributed by atoms with van der Waals surface area (Å²) >= 11 is 0. The summed E-state index contributed by atoms with van der Waals surface area (Å²) in [5.74, 6) is 0. The van der Waals surface area contributed by atoms with E-state index in [0.717, 1.165) is 25.1 Å². The molecule has 0 radical (unpaired) electrons. The van der Waals surface area contributed by atoms with Gasteiger partial charge in [0.05, 0.1) is 6.10 Å². The molecule has 1 aromatic rings. The topological polar surface area (TPSA) is 23.5 Å². The van der Waals surface area contributed by atoms with Gasteiger partial charge in [-0.1, -0.05) is 24.3 Å². The molecule has 0 unspecified atom stereocenters. The molecular formula is C12H15NO. The van der Waals surface area contributed by atoms with E-state index in [1.54, 1.807) is 0 Å². The van der Waals surface area contributed by atoms with Crippen molar-refractivity contribution < 1.29 is 5.11 Å². The van der Waals surface area contributed by atoms with E-state index >= 15 is 0 Å². The van der Waals surface area contributed by atoms with Gasteiger partial charge in [0.25, 0.3) is 0 Å². The van der Waals surface area contributed by atoms with Gasteiger partial charge in [-0.2, -0.15) is 0 Å². The van der Waals surface area contributed by atoms with Crippen LogP contribution in [0.15, 0.2) is 24.3 Å². The Bertz CT molecular complexity index is 350. The third-order valence-corrected chi connectivity index (χ3v) is 3.53. The van der Waals surface area contributed by atoms with Gasteiger partial charge in [-0.05, 0) is 30.5 Å². The largest absolute Gasteiger partial charge is 0.387 e. The van der Waals surface area contributed by atoms with Crippen molar-refractivity contribution in [1.82, 2.24) is 4.90 Å². The second-order valence-electron chi connectivity index (χ2n) is 4.32. The molecule has 0 spiro atoms. The molecule has 2 heterocycles. The second-order valence-corrected chi connectivity index (χ2v) is 4.32. The summed E-state index contributed by atoms with van der Waals surface area (Å²) in [6.45, 7) is 2.17. The van der Waals surface area contributed by atoms with Crippen LogP contribution < -0.4 is 0 Å². The predicted molar refractivity (Wildman–Crippen MR) is 54.8 cm³/mol. The van der Waals surface area contributed by atoms with E-state index in [9.17, 15) is 5.11 Å². The number of hydrogen-bond acceptors (Lipinski definition) is 2. The van der Waals surface area contributed by atoms with E-state index in [-0.39, 0.29) is 6.10 Å². The molecule has 0 aromatic heterocycles. The van der Waals surface area contributed by atoms with Crippen molar-refractivity contribution in [2.45, 2.75) is 31.5 Å². The highest BCUT2D eigenvalue weighted by molar-refractivity contribution is 5.32. The van der Waals surface area contributed by atoms with E-state index in [1.807, 2.05) is 6.07 Å². The molecule has 2 nitrogen and oxygen atoms in total. The molecule has 1 fully saturated rings. The van der Waals surface area contributed by atoms with Crippen LogP contribution in [0.4, 0.5) is 0 Å². The zero-order valence-corrected chi connectivity index (χ0v) is 8.19. The molecule has 0 aliphatic carbocycles. The molecule has 3 rings (SSSR count). The SMILES string of the molecule is O[C@H]1c2ccccc2CN2CCC[C@H]12. The summed E-state index contributed by atoms with van der Waals surface area (Å²) in [4.78, 5) is 2.41. The van der Waals surface area contributed by atoms with Crippen molar-refractivity contribution in [3.05, 3.63) is 35.4 Å². The highest BCUT2D eigenvalue weighted by Crippen LogP contribution is 2.36. The van der Waals surface area contributed by atoms with Crippen LogP contribution in [0.3, 0.4) is 0 Å². The minimum absolute atomic E-state index is 0.262. The normalized spacial score (nSPS) is 31.2. The first-order chi connectivity index (χ1) is 6.86. The molecule has 74 valence electrons. The van der Waals surface area contributed by atoms with Gasteiger partial charge in [0.15, 0.2) is 0 Å². The predicted octanol–water partition coefficient (Wildman–Crippen LogP) is 1.70. The van der Waals surface area contributed by atoms with Crippen LogP contribution in [-0.2, 0) is 6.54 Å². The van der Waals surface area contributed by atoms with Gasteiger partial charge in [-0.3, -0.25) is 4.90 Å². The van der Waals surface area contributed by atoms with E-state index in [4.69, 9.17) is 0 Å². The number of hydrogen-bond donors (Lipinski definition) is 1. The lowest BCUT2D eigenvalue weighted by Crippen LogP contribution is -2.38. The molecule has 1 aromatic carbocycles. The maximum Gasteiger partial charge on any atom is 0.0948 e. The Balaban J connectivity index is 2.04. The Labute approximate surface area is 84.2 Å². The molecule has 2 aliphatic rings. The zero-order chi connectivity index (χ0) is 9.54. The Morgan fingerprint density at radius 3 is 3.07 bits per heavy atom. The van der Waals surface area contributed by atoms with Crippen LogP contribution >= 0.6 is 0 Å². The van der Waals surface area contributed by atoms with Crippen LogP contribution in [-0.4, -0.2) is 22.6 Å². The second kappa shape index (κ2) is 3.07. The molecule has 14 heavy (non-hydrogen) atoms. The standard InChI is InChI=1S/C12H15NO/c14-12-10-5-2-1-4-9(10)8-13-7-3-6-11(12)13/h1-2,4-5,11-12,14H,3,6-8H2/t11-,12+/m1/s1. The third-order valence-electron chi connectivity index (χ3n) is 3.53. The smallest absolute Gasteiger partial charge is 0.0948 e. The van der Waals surface area contributed by atoms with Gasteiger partial charge < -0.3 is 5.11 Å². The Kier molecular flexibility index (Phi) is 1.85. The van der Waals surface area contributed by atoms with Crippen LogP contribution in [0.1, 0.15) is 30.1 Å². The molecule has 2 atom stereocenters. The number of benzene rings is 1. The fourth-order valence-corrected chi connectivity index (χ4v) is 2.80. The Morgan fingerprint density at radius 2 is 2.14 bits per heavy atom. The average molecular weight is 189 g/mol. The minimum Gasteiger partial charge on any atom is -0.387 e. The number of aliphatic hydroxyl groups excluding tert-OH is 1. The number of fused-ring (bicyclic) bond motifs is 2. The lowest BCUT2D eigenvalue weighted by atomic mass is 9.92. The minimum atomic E-state index is -0.262. The van der Waals surface area contributed by atoms with Gasteiger partial charge >= 0.3 is 0 Å². The van der Waals surface area contributed by atoms with Gasteiger partial charge in [0.1, 0.15) is 0 Å². The van der Waals surface area contributed by atoms with Gasteiger partial charge in [0, 0.05) is 12.6 Å². The summed E-state index contributed by atoms with van der Waals surface area (Å²) in [5, 5.41) is 10.2. The molecular weight excluding hydrogens is 174 g/mol. The van der Waals surface area contributed by atoms with Crippen molar-refractivity contribution in [1.29, 1.82) is 0 Å². The summed E-state index contributed by atoms with van der Waals surface area (Å²) in [6.07, 6.45) is 2.12. The summed E-state index contributed by atoms with van der Waals surface area (Å²) in [6, 6.07) is 8.65. The van der Waals surface area contributed by atoms with E-state index in [1.165, 1.54) is 12.0 Å². The fourth-order valence-electron chi connectivity index (χ4n) is 2.80. The van der Waals surface area contributed by atoms with E-state index < -0.39 is 0 Å². The fraction of sp³-hybridized carbons (Fsp3) is 0.500. The first-order valence-corrected chi connectivity index (χ1v) is 5.36. The van der Waals surface area contributed by atoms with Crippen molar-refractivity contribution in [2.24, 2.45) is 0 Å². The lowest BCUT2D eigenvalue weighted by molar-refractivity contribution is 0.0534. The quantitative estimate of drug-likeness (QED) is 0.671. The number of rotatable bonds is 0. The van der Waals surface area contributed by atoms with Gasteiger partial charge in [0.2, 0.25) is 0 Å². The van der Waals surface area contributed by atoms with Crippen LogP contribution in [0, 0.1) is 0 Å². The summed E-state index contributed by atoms with van der Waals surface area (Å²) in [5.41, 5.74) is 2.45. The molecule has 0 saturated carbocycles. The molecule has 1 N–H and O–H groups in total. The van der Waals surface area contributed by atoms with Crippen LogP contribution in [0.2, 0.25) is 0 Å². The van der Waals surface area contributed by atoms with Crippen molar-refractivity contribution in [2.75, 3.05) is 6.54 Å². The number of aliphatic hydroxyl groups is 1.